The molecule has 0 aliphatic carbocycles. The normalized spacial score (nSPS) is 12.2. The highest BCUT2D eigenvalue weighted by atomic mass is 32.2. The maximum atomic E-state index is 12.9. The quantitative estimate of drug-likeness (QED) is 0.672. The highest BCUT2D eigenvalue weighted by Gasteiger charge is 2.26. The summed E-state index contributed by atoms with van der Waals surface area (Å²) in [7, 11) is -5.84. The number of ether oxygens (including phenoxy) is 1. The van der Waals surface area contributed by atoms with Crippen LogP contribution in [0.3, 0.4) is 0 Å². The van der Waals surface area contributed by atoms with Crippen LogP contribution in [0.25, 0.3) is 0 Å². The molecular weight excluding hydrogens is 396 g/mol. The van der Waals surface area contributed by atoms with Gasteiger partial charge in [-0.1, -0.05) is 0 Å². The molecule has 0 amide bonds. The van der Waals surface area contributed by atoms with E-state index in [-0.39, 0.29) is 27.3 Å². The second kappa shape index (κ2) is 6.97. The molecule has 0 aliphatic rings. The van der Waals surface area contributed by atoms with Gasteiger partial charge in [0.15, 0.2) is 25.6 Å². The predicted octanol–water partition coefficient (Wildman–Crippen LogP) is 0.346. The molecule has 11 heteroatoms. The fourth-order valence-electron chi connectivity index (χ4n) is 2.64. The Bertz CT molecular complexity index is 1190. The predicted molar refractivity (Wildman–Crippen MR) is 98.8 cm³/mol. The maximum Gasteiger partial charge on any atom is 0.277 e. The molecule has 0 spiro atoms. The van der Waals surface area contributed by atoms with Gasteiger partial charge in [-0.25, -0.2) is 16.8 Å². The zero-order valence-corrected chi connectivity index (χ0v) is 17.1. The van der Waals surface area contributed by atoms with Gasteiger partial charge in [0, 0.05) is 36.4 Å². The molecule has 0 radical (unpaired) electrons. The summed E-state index contributed by atoms with van der Waals surface area (Å²) in [4.78, 5) is 24.8. The molecule has 0 aliphatic heterocycles. The molecule has 0 unspecified atom stereocenters. The number of benzene rings is 1. The Labute approximate surface area is 156 Å². The lowest BCUT2D eigenvalue weighted by Crippen LogP contribution is -2.21. The minimum absolute atomic E-state index is 0.0469. The first kappa shape index (κ1) is 20.9. The molecule has 0 saturated heterocycles. The van der Waals surface area contributed by atoms with E-state index in [9.17, 15) is 26.4 Å². The van der Waals surface area contributed by atoms with Gasteiger partial charge in [-0.05, 0) is 26.0 Å². The van der Waals surface area contributed by atoms with Crippen molar-refractivity contribution in [2.45, 2.75) is 18.7 Å². The Balaban J connectivity index is 2.69. The SMILES string of the molecule is Cc1[nH]n(C)c(=O)c1C(=O)c1ccc(S(C)(=O)=O)c(OCS(C)(=O)=O)c1C. The molecule has 2 rings (SSSR count). The average Bonchev–Trinajstić information content (AvgIpc) is 2.76. The lowest BCUT2D eigenvalue weighted by molar-refractivity contribution is 0.103. The maximum absolute atomic E-state index is 12.9. The lowest BCUT2D eigenvalue weighted by Gasteiger charge is -2.15. The summed E-state index contributed by atoms with van der Waals surface area (Å²) < 4.78 is 53.3. The number of ketones is 1. The Morgan fingerprint density at radius 1 is 1.15 bits per heavy atom. The van der Waals surface area contributed by atoms with Crippen LogP contribution in [0.15, 0.2) is 21.8 Å². The van der Waals surface area contributed by atoms with Crippen LogP contribution in [0.4, 0.5) is 0 Å². The van der Waals surface area contributed by atoms with Crippen molar-refractivity contribution >= 4 is 25.5 Å². The van der Waals surface area contributed by atoms with Crippen LogP contribution in [-0.4, -0.2) is 50.8 Å². The van der Waals surface area contributed by atoms with Crippen molar-refractivity contribution in [3.63, 3.8) is 0 Å². The van der Waals surface area contributed by atoms with E-state index < -0.39 is 37.0 Å². The van der Waals surface area contributed by atoms with Crippen molar-refractivity contribution in [1.29, 1.82) is 0 Å². The number of nitrogens with zero attached hydrogens (tertiary/aromatic N) is 1. The van der Waals surface area contributed by atoms with Crippen molar-refractivity contribution < 1.29 is 26.4 Å². The molecule has 148 valence electrons. The molecule has 1 aromatic carbocycles. The summed E-state index contributed by atoms with van der Waals surface area (Å²) in [5.74, 6) is -1.59. The highest BCUT2D eigenvalue weighted by molar-refractivity contribution is 7.91. The highest BCUT2D eigenvalue weighted by Crippen LogP contribution is 2.32. The van der Waals surface area contributed by atoms with Gasteiger partial charge in [-0.2, -0.15) is 0 Å². The number of rotatable bonds is 6. The van der Waals surface area contributed by atoms with Crippen LogP contribution in [0.2, 0.25) is 0 Å². The monoisotopic (exact) mass is 416 g/mol. The fraction of sp³-hybridized carbons (Fsp3) is 0.375. The zero-order chi connectivity index (χ0) is 20.7. The summed E-state index contributed by atoms with van der Waals surface area (Å²) >= 11 is 0. The number of aryl methyl sites for hydroxylation is 2. The molecular formula is C16H20N2O7S2. The summed E-state index contributed by atoms with van der Waals surface area (Å²) in [5, 5.41) is 2.72. The van der Waals surface area contributed by atoms with E-state index in [4.69, 9.17) is 4.74 Å². The Hall–Kier alpha value is -2.40. The van der Waals surface area contributed by atoms with Crippen LogP contribution in [-0.2, 0) is 26.7 Å². The molecule has 0 atom stereocenters. The van der Waals surface area contributed by atoms with E-state index in [1.165, 1.54) is 26.1 Å². The van der Waals surface area contributed by atoms with E-state index in [2.05, 4.69) is 5.10 Å². The number of carbonyl (C=O) groups excluding carboxylic acids is 1. The second-order valence-corrected chi connectivity index (χ2v) is 10.4. The minimum Gasteiger partial charge on any atom is -0.476 e. The van der Waals surface area contributed by atoms with E-state index in [0.717, 1.165) is 17.2 Å². The number of sulfone groups is 2. The van der Waals surface area contributed by atoms with E-state index in [1.54, 1.807) is 6.92 Å². The van der Waals surface area contributed by atoms with Crippen molar-refractivity contribution in [3.8, 4) is 5.75 Å². The number of aromatic amines is 1. The number of H-pyrrole nitrogens is 1. The lowest BCUT2D eigenvalue weighted by atomic mass is 9.99. The van der Waals surface area contributed by atoms with Gasteiger partial charge in [0.05, 0.1) is 0 Å². The number of nitrogens with one attached hydrogen (secondary N) is 1. The number of hydrogen-bond donors (Lipinski definition) is 1. The van der Waals surface area contributed by atoms with Crippen molar-refractivity contribution in [2.24, 2.45) is 7.05 Å². The Morgan fingerprint density at radius 2 is 1.74 bits per heavy atom. The third-order valence-electron chi connectivity index (χ3n) is 3.89. The summed E-state index contributed by atoms with van der Waals surface area (Å²) in [6, 6.07) is 2.45. The average molecular weight is 416 g/mol. The van der Waals surface area contributed by atoms with Crippen LogP contribution in [0, 0.1) is 13.8 Å². The summed E-state index contributed by atoms with van der Waals surface area (Å²) in [6.07, 6.45) is 1.88. The third-order valence-corrected chi connectivity index (χ3v) is 5.55. The van der Waals surface area contributed by atoms with Crippen molar-refractivity contribution in [1.82, 2.24) is 9.78 Å². The van der Waals surface area contributed by atoms with Gasteiger partial charge in [-0.15, -0.1) is 0 Å². The molecule has 0 bridgehead atoms. The fourth-order valence-corrected chi connectivity index (χ4v) is 3.83. The first-order valence-corrected chi connectivity index (χ1v) is 11.6. The summed E-state index contributed by atoms with van der Waals surface area (Å²) in [5.41, 5.74) is -0.0675. The molecule has 1 aromatic heterocycles. The molecule has 1 heterocycles. The van der Waals surface area contributed by atoms with Crippen LogP contribution < -0.4 is 10.3 Å². The second-order valence-electron chi connectivity index (χ2n) is 6.33. The standard InChI is InChI=1S/C16H20N2O7S2/c1-9-11(14(19)13-10(2)17-18(3)16(13)20)6-7-12(27(5,23)24)15(9)25-8-26(4,21)22/h6-7,17H,8H2,1-5H3. The number of hydrogen-bond acceptors (Lipinski definition) is 7. The van der Waals surface area contributed by atoms with E-state index in [0.29, 0.717) is 5.69 Å². The number of aromatic nitrogens is 2. The Kier molecular flexibility index (Phi) is 5.39. The zero-order valence-electron chi connectivity index (χ0n) is 15.5. The molecule has 1 N–H and O–H groups in total. The van der Waals surface area contributed by atoms with Gasteiger partial charge in [-0.3, -0.25) is 19.4 Å². The minimum atomic E-state index is -3.75. The van der Waals surface area contributed by atoms with Crippen molar-refractivity contribution in [2.75, 3.05) is 18.5 Å². The van der Waals surface area contributed by atoms with Gasteiger partial charge >= 0.3 is 0 Å². The van der Waals surface area contributed by atoms with Crippen LogP contribution in [0.1, 0.15) is 27.2 Å². The van der Waals surface area contributed by atoms with Gasteiger partial charge in [0.2, 0.25) is 5.78 Å². The van der Waals surface area contributed by atoms with Crippen LogP contribution >= 0.6 is 0 Å². The topological polar surface area (TPSA) is 132 Å². The van der Waals surface area contributed by atoms with E-state index in [1.807, 2.05) is 0 Å². The van der Waals surface area contributed by atoms with Gasteiger partial charge < -0.3 is 4.74 Å². The smallest absolute Gasteiger partial charge is 0.277 e. The number of carbonyl (C=O) groups is 1. The largest absolute Gasteiger partial charge is 0.476 e. The molecule has 0 fully saturated rings. The molecule has 27 heavy (non-hydrogen) atoms. The van der Waals surface area contributed by atoms with Crippen molar-refractivity contribution in [3.05, 3.63) is 44.9 Å². The summed E-state index contributed by atoms with van der Waals surface area (Å²) in [6.45, 7) is 3.00. The molecule has 2 aromatic rings. The van der Waals surface area contributed by atoms with Gasteiger partial charge in [0.25, 0.3) is 5.56 Å². The van der Waals surface area contributed by atoms with E-state index >= 15 is 0 Å². The first-order chi connectivity index (χ1) is 12.2. The first-order valence-electron chi connectivity index (χ1n) is 7.68. The van der Waals surface area contributed by atoms with Crippen LogP contribution in [0.5, 0.6) is 5.75 Å². The Morgan fingerprint density at radius 3 is 2.19 bits per heavy atom. The molecule has 0 saturated carbocycles. The third kappa shape index (κ3) is 4.30. The van der Waals surface area contributed by atoms with Gasteiger partial charge in [0.1, 0.15) is 16.2 Å². The molecule has 9 nitrogen and oxygen atoms in total.